The highest BCUT2D eigenvalue weighted by Gasteiger charge is 2.12. The molecule has 1 heterocycles. The molecule has 1 aromatic rings. The molecule has 0 N–H and O–H groups in total. The van der Waals surface area contributed by atoms with Crippen LogP contribution in [0.2, 0.25) is 0 Å². The summed E-state index contributed by atoms with van der Waals surface area (Å²) in [7, 11) is 0. The van der Waals surface area contributed by atoms with Crippen LogP contribution < -0.4 is 5.12 Å². The van der Waals surface area contributed by atoms with Gasteiger partial charge in [0.2, 0.25) is 0 Å². The highest BCUT2D eigenvalue weighted by atomic mass is 19.2. The average Bonchev–Trinajstić information content (AvgIpc) is 2.07. The molecule has 0 amide bonds. The molecule has 1 aliphatic rings. The summed E-state index contributed by atoms with van der Waals surface area (Å²) in [6.45, 7) is 0.191. The van der Waals surface area contributed by atoms with Gasteiger partial charge in [0.05, 0.1) is 12.2 Å². The van der Waals surface area contributed by atoms with Crippen LogP contribution in [-0.2, 0) is 0 Å². The number of nitrogens with zero attached hydrogens (tertiary/aromatic N) is 1. The van der Waals surface area contributed by atoms with E-state index in [0.717, 1.165) is 0 Å². The zero-order valence-electron chi connectivity index (χ0n) is 6.30. The van der Waals surface area contributed by atoms with Gasteiger partial charge < -0.3 is 0 Å². The third-order valence-corrected chi connectivity index (χ3v) is 1.82. The van der Waals surface area contributed by atoms with Crippen molar-refractivity contribution in [3.63, 3.8) is 0 Å². The number of anilines is 1. The smallest absolute Gasteiger partial charge is 0.125 e. The normalized spacial score (nSPS) is 14.7. The minimum absolute atomic E-state index is 0.191. The van der Waals surface area contributed by atoms with Gasteiger partial charge >= 0.3 is 0 Å². The Labute approximate surface area is 68.9 Å². The van der Waals surface area contributed by atoms with Crippen molar-refractivity contribution in [2.75, 3.05) is 11.7 Å². The molecule has 1 aromatic carbocycles. The first-order valence-electron chi connectivity index (χ1n) is 3.67. The molecule has 3 heteroatoms. The van der Waals surface area contributed by atoms with E-state index in [0.29, 0.717) is 16.4 Å². The molecule has 0 aromatic heterocycles. The Balaban J connectivity index is 2.56. The van der Waals surface area contributed by atoms with E-state index < -0.39 is 5.82 Å². The minimum atomic E-state index is -0.410. The van der Waals surface area contributed by atoms with Gasteiger partial charge in [-0.15, -0.1) is 0 Å². The summed E-state index contributed by atoms with van der Waals surface area (Å²) in [5, 5.41) is 0.526. The Morgan fingerprint density at radius 3 is 3.00 bits per heavy atom. The predicted molar refractivity (Wildman–Crippen MR) is 43.9 cm³/mol. The fraction of sp³-hybridized carbons (Fsp3) is 0.111. The standard InChI is InChI=1S/C9H7F2N/c10-8-4-3-7-2-1-5-12(11)9(7)6-8/h1-4,6H,5H2. The molecule has 0 saturated carbocycles. The SMILES string of the molecule is Fc1ccc2c(c1)N(F)CC=C2. The molecule has 2 rings (SSSR count). The largest absolute Gasteiger partial charge is 0.207 e. The van der Waals surface area contributed by atoms with E-state index in [1.54, 1.807) is 18.2 Å². The predicted octanol–water partition coefficient (Wildman–Crippen LogP) is 2.54. The highest BCUT2D eigenvalue weighted by molar-refractivity contribution is 5.69. The van der Waals surface area contributed by atoms with E-state index >= 15 is 0 Å². The van der Waals surface area contributed by atoms with Crippen molar-refractivity contribution < 1.29 is 8.87 Å². The van der Waals surface area contributed by atoms with Crippen molar-refractivity contribution in [1.29, 1.82) is 0 Å². The van der Waals surface area contributed by atoms with E-state index in [1.165, 1.54) is 12.1 Å². The summed E-state index contributed by atoms with van der Waals surface area (Å²) in [6.07, 6.45) is 3.48. The zero-order chi connectivity index (χ0) is 8.55. The van der Waals surface area contributed by atoms with E-state index in [1.807, 2.05) is 0 Å². The Hall–Kier alpha value is -1.38. The number of fused-ring (bicyclic) bond motifs is 1. The average molecular weight is 167 g/mol. The maximum Gasteiger partial charge on any atom is 0.125 e. The molecule has 0 atom stereocenters. The van der Waals surface area contributed by atoms with Crippen LogP contribution in [0.5, 0.6) is 0 Å². The van der Waals surface area contributed by atoms with Crippen LogP contribution in [0.4, 0.5) is 14.6 Å². The van der Waals surface area contributed by atoms with Crippen LogP contribution >= 0.6 is 0 Å². The van der Waals surface area contributed by atoms with Gasteiger partial charge in [0, 0.05) is 11.6 Å². The second kappa shape index (κ2) is 2.59. The summed E-state index contributed by atoms with van der Waals surface area (Å²) < 4.78 is 25.6. The quantitative estimate of drug-likeness (QED) is 0.537. The van der Waals surface area contributed by atoms with Gasteiger partial charge in [0.15, 0.2) is 0 Å². The highest BCUT2D eigenvalue weighted by Crippen LogP contribution is 2.26. The first-order chi connectivity index (χ1) is 5.77. The molecular formula is C9H7F2N. The zero-order valence-corrected chi connectivity index (χ0v) is 6.30. The molecule has 0 spiro atoms. The third-order valence-electron chi connectivity index (χ3n) is 1.82. The number of halogens is 2. The molecule has 0 aliphatic carbocycles. The maximum absolute atomic E-state index is 13.0. The fourth-order valence-electron chi connectivity index (χ4n) is 1.24. The summed E-state index contributed by atoms with van der Waals surface area (Å²) in [4.78, 5) is 0. The Bertz CT molecular complexity index is 333. The van der Waals surface area contributed by atoms with Gasteiger partial charge in [0.25, 0.3) is 0 Å². The molecule has 0 bridgehead atoms. The van der Waals surface area contributed by atoms with Gasteiger partial charge in [-0.25, -0.2) is 9.51 Å². The van der Waals surface area contributed by atoms with Crippen molar-refractivity contribution in [2.45, 2.75) is 0 Å². The molecule has 0 saturated heterocycles. The summed E-state index contributed by atoms with van der Waals surface area (Å²) in [6, 6.07) is 4.08. The van der Waals surface area contributed by atoms with E-state index in [4.69, 9.17) is 0 Å². The number of hydrogen-bond acceptors (Lipinski definition) is 1. The van der Waals surface area contributed by atoms with Gasteiger partial charge in [-0.1, -0.05) is 16.6 Å². The molecule has 0 fully saturated rings. The lowest BCUT2D eigenvalue weighted by molar-refractivity contribution is 0.452. The number of rotatable bonds is 0. The molecular weight excluding hydrogens is 160 g/mol. The number of hydrogen-bond donors (Lipinski definition) is 0. The maximum atomic E-state index is 13.0. The van der Waals surface area contributed by atoms with E-state index in [9.17, 15) is 8.87 Å². The monoisotopic (exact) mass is 167 g/mol. The summed E-state index contributed by atoms with van der Waals surface area (Å²) in [5.41, 5.74) is 1.02. The fourth-order valence-corrected chi connectivity index (χ4v) is 1.24. The first kappa shape index (κ1) is 7.28. The summed E-state index contributed by atoms with van der Waals surface area (Å²) >= 11 is 0. The molecule has 1 aliphatic heterocycles. The van der Waals surface area contributed by atoms with Crippen molar-refractivity contribution in [3.8, 4) is 0 Å². The molecule has 0 radical (unpaired) electrons. The van der Waals surface area contributed by atoms with E-state index in [2.05, 4.69) is 0 Å². The lowest BCUT2D eigenvalue weighted by Crippen LogP contribution is -2.15. The van der Waals surface area contributed by atoms with E-state index in [-0.39, 0.29) is 6.54 Å². The molecule has 62 valence electrons. The minimum Gasteiger partial charge on any atom is -0.207 e. The lowest BCUT2D eigenvalue weighted by Gasteiger charge is -2.18. The van der Waals surface area contributed by atoms with Crippen LogP contribution in [0.3, 0.4) is 0 Å². The topological polar surface area (TPSA) is 3.24 Å². The van der Waals surface area contributed by atoms with Crippen LogP contribution in [0.15, 0.2) is 24.3 Å². The Morgan fingerprint density at radius 1 is 1.33 bits per heavy atom. The Morgan fingerprint density at radius 2 is 2.17 bits per heavy atom. The van der Waals surface area contributed by atoms with Gasteiger partial charge in [0.1, 0.15) is 5.82 Å². The Kier molecular flexibility index (Phi) is 1.57. The summed E-state index contributed by atoms with van der Waals surface area (Å²) in [5.74, 6) is -0.410. The molecule has 1 nitrogen and oxygen atoms in total. The van der Waals surface area contributed by atoms with Gasteiger partial charge in [-0.05, 0) is 12.1 Å². The second-order valence-electron chi connectivity index (χ2n) is 2.65. The number of benzene rings is 1. The molecule has 12 heavy (non-hydrogen) atoms. The van der Waals surface area contributed by atoms with Crippen LogP contribution in [0.1, 0.15) is 5.56 Å². The van der Waals surface area contributed by atoms with Crippen LogP contribution in [0.25, 0.3) is 6.08 Å². The van der Waals surface area contributed by atoms with Crippen molar-refractivity contribution in [3.05, 3.63) is 35.7 Å². The van der Waals surface area contributed by atoms with Crippen molar-refractivity contribution in [1.82, 2.24) is 0 Å². The van der Waals surface area contributed by atoms with Gasteiger partial charge in [-0.3, -0.25) is 0 Å². The van der Waals surface area contributed by atoms with Gasteiger partial charge in [-0.2, -0.15) is 0 Å². The van der Waals surface area contributed by atoms with Crippen LogP contribution in [-0.4, -0.2) is 6.54 Å². The second-order valence-corrected chi connectivity index (χ2v) is 2.65. The lowest BCUT2D eigenvalue weighted by atomic mass is 10.1. The molecule has 0 unspecified atom stereocenters. The third kappa shape index (κ3) is 1.07. The first-order valence-corrected chi connectivity index (χ1v) is 3.67. The van der Waals surface area contributed by atoms with Crippen molar-refractivity contribution >= 4 is 11.8 Å². The van der Waals surface area contributed by atoms with Crippen LogP contribution in [0, 0.1) is 5.82 Å². The van der Waals surface area contributed by atoms with Crippen molar-refractivity contribution in [2.24, 2.45) is 0 Å².